The van der Waals surface area contributed by atoms with Crippen LogP contribution in [0.1, 0.15) is 81.2 Å². The van der Waals surface area contributed by atoms with Crippen molar-refractivity contribution < 1.29 is 33.0 Å². The monoisotopic (exact) mass is 693 g/mol. The molecule has 1 aliphatic heterocycles. The molecule has 2 unspecified atom stereocenters. The van der Waals surface area contributed by atoms with Gasteiger partial charge < -0.3 is 39.7 Å². The number of aromatic carboxylic acids is 1. The maximum absolute atomic E-state index is 15.2. The van der Waals surface area contributed by atoms with Gasteiger partial charge in [0.15, 0.2) is 0 Å². The number of carbonyl (C=O) groups excluding carboxylic acids is 2. The maximum Gasteiger partial charge on any atom is 0.410 e. The first-order valence-corrected chi connectivity index (χ1v) is 16.6. The number of carboxylic acids is 1. The second-order valence-corrected chi connectivity index (χ2v) is 12.0. The zero-order valence-electron chi connectivity index (χ0n) is 29.1. The van der Waals surface area contributed by atoms with E-state index in [1.54, 1.807) is 53.6 Å². The number of hydrogen-bond acceptors (Lipinski definition) is 10. The van der Waals surface area contributed by atoms with Crippen LogP contribution in [0.5, 0.6) is 0 Å². The van der Waals surface area contributed by atoms with E-state index in [0.29, 0.717) is 36.4 Å². The number of piperazine rings is 1. The topological polar surface area (TPSA) is 186 Å². The Morgan fingerprint density at radius 1 is 1.04 bits per heavy atom. The maximum atomic E-state index is 15.2. The van der Waals surface area contributed by atoms with Crippen LogP contribution in [0, 0.1) is 11.7 Å². The van der Waals surface area contributed by atoms with Crippen LogP contribution in [-0.2, 0) is 22.7 Å². The fraction of sp³-hybridized carbons (Fsp3) is 0.429. The van der Waals surface area contributed by atoms with Gasteiger partial charge in [-0.3, -0.25) is 9.59 Å². The second-order valence-electron chi connectivity index (χ2n) is 12.0. The molecule has 0 saturated carbocycles. The molecule has 1 saturated heterocycles. The van der Waals surface area contributed by atoms with Crippen LogP contribution in [0.15, 0.2) is 51.8 Å². The smallest absolute Gasteiger partial charge is 0.410 e. The van der Waals surface area contributed by atoms with Gasteiger partial charge in [-0.2, -0.15) is 0 Å². The van der Waals surface area contributed by atoms with Crippen LogP contribution >= 0.6 is 0 Å². The largest absolute Gasteiger partial charge is 0.477 e. The minimum absolute atomic E-state index is 0.00450. The summed E-state index contributed by atoms with van der Waals surface area (Å²) in [5, 5.41) is 20.1. The average molecular weight is 694 g/mol. The summed E-state index contributed by atoms with van der Waals surface area (Å²) >= 11 is 0. The third-order valence-corrected chi connectivity index (χ3v) is 8.41. The zero-order valence-corrected chi connectivity index (χ0v) is 29.1. The van der Waals surface area contributed by atoms with Crippen molar-refractivity contribution in [3.05, 3.63) is 81.5 Å². The summed E-state index contributed by atoms with van der Waals surface area (Å²) in [6.07, 6.45) is 0.752. The number of ether oxygens (including phenoxy) is 1. The van der Waals surface area contributed by atoms with Gasteiger partial charge in [-0.1, -0.05) is 39.8 Å². The van der Waals surface area contributed by atoms with E-state index in [0.717, 1.165) is 6.07 Å². The van der Waals surface area contributed by atoms with Crippen molar-refractivity contribution in [2.45, 2.75) is 66.7 Å². The number of benzene rings is 2. The summed E-state index contributed by atoms with van der Waals surface area (Å²) < 4.78 is 27.9. The summed E-state index contributed by atoms with van der Waals surface area (Å²) in [6.45, 7) is 12.9. The molecule has 2 atom stereocenters. The van der Waals surface area contributed by atoms with Crippen LogP contribution in [0.4, 0.5) is 20.6 Å². The molecule has 50 heavy (non-hydrogen) atoms. The number of fused-ring (bicyclic) bond motifs is 1. The van der Waals surface area contributed by atoms with Gasteiger partial charge in [-0.05, 0) is 49.6 Å². The van der Waals surface area contributed by atoms with Crippen molar-refractivity contribution in [1.29, 1.82) is 0 Å². The first-order valence-electron chi connectivity index (χ1n) is 16.6. The number of carbonyl (C=O) groups is 3. The van der Waals surface area contributed by atoms with Gasteiger partial charge in [0.25, 0.3) is 0 Å². The Labute approximate surface area is 289 Å². The van der Waals surface area contributed by atoms with Crippen molar-refractivity contribution in [2.75, 3.05) is 36.4 Å². The quantitative estimate of drug-likeness (QED) is 0.200. The molecule has 2 aromatic carbocycles. The minimum Gasteiger partial charge on any atom is -0.477 e. The normalized spacial score (nSPS) is 14.2. The Morgan fingerprint density at radius 2 is 1.68 bits per heavy atom. The lowest BCUT2D eigenvalue weighted by molar-refractivity contribution is -0.117. The Kier molecular flexibility index (Phi) is 12.3. The van der Waals surface area contributed by atoms with E-state index in [2.05, 4.69) is 15.5 Å². The molecule has 0 bridgehead atoms. The summed E-state index contributed by atoms with van der Waals surface area (Å²) in [7, 11) is 0. The molecule has 2 aromatic heterocycles. The number of aryl methyl sites for hydroxylation is 1. The summed E-state index contributed by atoms with van der Waals surface area (Å²) in [5.41, 5.74) is 6.84. The number of pyridine rings is 1. The van der Waals surface area contributed by atoms with E-state index in [9.17, 15) is 24.3 Å². The van der Waals surface area contributed by atoms with E-state index in [1.165, 1.54) is 11.1 Å². The highest BCUT2D eigenvalue weighted by Gasteiger charge is 2.27. The molecule has 5 rings (SSSR count). The van der Waals surface area contributed by atoms with E-state index < -0.39 is 40.8 Å². The lowest BCUT2D eigenvalue weighted by atomic mass is 10.1. The predicted octanol–water partition coefficient (Wildman–Crippen LogP) is 5.12. The molecular weight excluding hydrogens is 649 g/mol. The highest BCUT2D eigenvalue weighted by atomic mass is 19.1. The van der Waals surface area contributed by atoms with Crippen molar-refractivity contribution in [3.63, 3.8) is 0 Å². The minimum atomic E-state index is -1.37. The summed E-state index contributed by atoms with van der Waals surface area (Å²) in [5.74, 6) is -2.50. The Balaban J connectivity index is 0.00000276. The molecule has 4 N–H and O–H groups in total. The standard InChI is InChI=1S/C33H38FN7O7.C2H6/c1-5-39-16-23(32(44)45)28(42)22-14-24(34)26(15-25(22)39)40-10-12-41(13-11-40)33(46)47-17-20-6-8-21(9-7-20)36-29(43)19(4)30-37-38-31(48-30)27(35)18(2)3;1-2/h6-9,14-16,18-19,27H,5,10-13,17,35H2,1-4H3,(H,36,43)(H,44,45);1-2H3. The number of nitrogens with zero attached hydrogens (tertiary/aromatic N) is 5. The van der Waals surface area contributed by atoms with Gasteiger partial charge in [0.05, 0.1) is 17.2 Å². The number of nitrogens with one attached hydrogen (secondary N) is 1. The van der Waals surface area contributed by atoms with Crippen molar-refractivity contribution in [3.8, 4) is 0 Å². The summed E-state index contributed by atoms with van der Waals surface area (Å²) in [6, 6.07) is 9.06. The Hall–Kier alpha value is -5.31. The molecule has 15 heteroatoms. The fourth-order valence-electron chi connectivity index (χ4n) is 5.31. The number of rotatable bonds is 10. The number of aromatic nitrogens is 3. The van der Waals surface area contributed by atoms with Gasteiger partial charge in [-0.25, -0.2) is 14.0 Å². The van der Waals surface area contributed by atoms with Crippen LogP contribution in [0.2, 0.25) is 0 Å². The predicted molar refractivity (Wildman–Crippen MR) is 186 cm³/mol. The SMILES string of the molecule is CC.CCn1cc(C(=O)O)c(=O)c2cc(F)c(N3CCN(C(=O)OCc4ccc(NC(=O)C(C)c5nnc(C(N)C(C)C)o5)cc4)CC3)cc21. The lowest BCUT2D eigenvalue weighted by Gasteiger charge is -2.35. The van der Waals surface area contributed by atoms with Gasteiger partial charge >= 0.3 is 12.1 Å². The molecular formula is C35H44FN7O7. The average Bonchev–Trinajstić information content (AvgIpc) is 3.62. The number of anilines is 2. The van der Waals surface area contributed by atoms with E-state index in [-0.39, 0.29) is 54.4 Å². The van der Waals surface area contributed by atoms with Crippen LogP contribution in [-0.4, -0.2) is 68.9 Å². The molecule has 1 aliphatic rings. The molecule has 0 aliphatic carbocycles. The lowest BCUT2D eigenvalue weighted by Crippen LogP contribution is -2.49. The van der Waals surface area contributed by atoms with Crippen LogP contribution < -0.4 is 21.4 Å². The zero-order chi connectivity index (χ0) is 36.7. The molecule has 4 aromatic rings. The number of nitrogens with two attached hydrogens (primary N) is 1. The molecule has 0 radical (unpaired) electrons. The highest BCUT2D eigenvalue weighted by molar-refractivity contribution is 5.95. The Morgan fingerprint density at radius 3 is 2.28 bits per heavy atom. The fourth-order valence-corrected chi connectivity index (χ4v) is 5.31. The van der Waals surface area contributed by atoms with Crippen molar-refractivity contribution >= 4 is 40.2 Å². The molecule has 2 amide bonds. The van der Waals surface area contributed by atoms with Gasteiger partial charge in [0.1, 0.15) is 23.9 Å². The first kappa shape index (κ1) is 37.5. The second kappa shape index (κ2) is 16.4. The first-order chi connectivity index (χ1) is 23.9. The highest BCUT2D eigenvalue weighted by Crippen LogP contribution is 2.27. The van der Waals surface area contributed by atoms with E-state index >= 15 is 4.39 Å². The number of halogens is 1. The number of hydrogen-bond donors (Lipinski definition) is 3. The number of amides is 2. The molecule has 3 heterocycles. The van der Waals surface area contributed by atoms with Gasteiger partial charge in [-0.15, -0.1) is 10.2 Å². The van der Waals surface area contributed by atoms with E-state index in [4.69, 9.17) is 14.9 Å². The van der Waals surface area contributed by atoms with Gasteiger partial charge in [0, 0.05) is 50.0 Å². The van der Waals surface area contributed by atoms with E-state index in [1.807, 2.05) is 27.7 Å². The van der Waals surface area contributed by atoms with Crippen LogP contribution in [0.25, 0.3) is 10.9 Å². The number of carboxylic acid groups (broad SMARTS) is 1. The van der Waals surface area contributed by atoms with Crippen molar-refractivity contribution in [1.82, 2.24) is 19.7 Å². The third-order valence-electron chi connectivity index (χ3n) is 8.41. The molecule has 268 valence electrons. The molecule has 0 spiro atoms. The molecule has 14 nitrogen and oxygen atoms in total. The summed E-state index contributed by atoms with van der Waals surface area (Å²) in [4.78, 5) is 53.1. The molecule has 1 fully saturated rings. The van der Waals surface area contributed by atoms with Crippen LogP contribution in [0.3, 0.4) is 0 Å². The third kappa shape index (κ3) is 8.28. The van der Waals surface area contributed by atoms with Gasteiger partial charge in [0.2, 0.25) is 23.1 Å². The van der Waals surface area contributed by atoms with Crippen molar-refractivity contribution in [2.24, 2.45) is 11.7 Å². The Bertz CT molecular complexity index is 1880.